The normalized spacial score (nSPS) is 23.0. The van der Waals surface area contributed by atoms with E-state index in [1.165, 1.54) is 0 Å². The maximum atomic E-state index is 12.4. The maximum absolute atomic E-state index is 12.4. The molecule has 1 atom stereocenters. The zero-order valence-electron chi connectivity index (χ0n) is 13.9. The number of ether oxygens (including phenoxy) is 2. The first-order valence-corrected chi connectivity index (χ1v) is 8.40. The van der Waals surface area contributed by atoms with Gasteiger partial charge in [0.05, 0.1) is 0 Å². The highest BCUT2D eigenvalue weighted by molar-refractivity contribution is 5.82. The van der Waals surface area contributed by atoms with Crippen LogP contribution in [0.15, 0.2) is 24.3 Å². The summed E-state index contributed by atoms with van der Waals surface area (Å²) < 4.78 is 11.4. The number of para-hydroxylation sites is 1. The fourth-order valence-electron chi connectivity index (χ4n) is 3.31. The molecule has 1 N–H and O–H groups in total. The van der Waals surface area contributed by atoms with Crippen LogP contribution in [0.5, 0.6) is 5.75 Å². The molecule has 1 aromatic rings. The quantitative estimate of drug-likeness (QED) is 0.912. The Hall–Kier alpha value is -2.08. The Bertz CT molecular complexity index is 616. The smallest absolute Gasteiger partial charge is 0.348 e. The van der Waals surface area contributed by atoms with Crippen LogP contribution in [0.2, 0.25) is 0 Å². The number of carbonyl (C=O) groups is 2. The minimum absolute atomic E-state index is 0.0256. The fraction of sp³-hybridized carbons (Fsp3) is 0.556. The number of carboxylic acid groups (broad SMARTS) is 1. The maximum Gasteiger partial charge on any atom is 0.348 e. The van der Waals surface area contributed by atoms with E-state index in [0.717, 1.165) is 18.4 Å². The van der Waals surface area contributed by atoms with Crippen LogP contribution in [-0.2, 0) is 14.3 Å². The van der Waals surface area contributed by atoms with Crippen LogP contribution in [-0.4, -0.2) is 53.3 Å². The molecule has 2 saturated heterocycles. The lowest BCUT2D eigenvalue weighted by Gasteiger charge is -2.39. The van der Waals surface area contributed by atoms with Gasteiger partial charge in [0.2, 0.25) is 5.60 Å². The molecule has 1 aromatic carbocycles. The number of aliphatic carboxylic acids is 1. The van der Waals surface area contributed by atoms with Crippen molar-refractivity contribution >= 4 is 11.9 Å². The van der Waals surface area contributed by atoms with Gasteiger partial charge in [-0.2, -0.15) is 0 Å². The number of amides is 1. The molecule has 0 saturated carbocycles. The second-order valence-electron chi connectivity index (χ2n) is 6.49. The van der Waals surface area contributed by atoms with Crippen LogP contribution in [0.25, 0.3) is 0 Å². The monoisotopic (exact) mass is 333 g/mol. The van der Waals surface area contributed by atoms with E-state index in [9.17, 15) is 14.7 Å². The lowest BCUT2D eigenvalue weighted by atomic mass is 9.90. The van der Waals surface area contributed by atoms with Gasteiger partial charge in [0.25, 0.3) is 5.91 Å². The summed E-state index contributed by atoms with van der Waals surface area (Å²) in [5.41, 5.74) is -0.379. The average Bonchev–Trinajstić information content (AvgIpc) is 3.11. The van der Waals surface area contributed by atoms with Crippen LogP contribution in [0.4, 0.5) is 0 Å². The highest BCUT2D eigenvalue weighted by Gasteiger charge is 2.46. The van der Waals surface area contributed by atoms with E-state index in [0.29, 0.717) is 25.4 Å². The number of rotatable bonds is 4. The van der Waals surface area contributed by atoms with Gasteiger partial charge in [-0.3, -0.25) is 4.79 Å². The second-order valence-corrected chi connectivity index (χ2v) is 6.49. The highest BCUT2D eigenvalue weighted by Crippen LogP contribution is 2.31. The average molecular weight is 333 g/mol. The Labute approximate surface area is 141 Å². The molecule has 6 heteroatoms. The van der Waals surface area contributed by atoms with Gasteiger partial charge in [-0.05, 0) is 31.4 Å². The minimum Gasteiger partial charge on any atom is -0.478 e. The van der Waals surface area contributed by atoms with Crippen LogP contribution >= 0.6 is 0 Å². The molecule has 2 heterocycles. The van der Waals surface area contributed by atoms with Gasteiger partial charge in [-0.25, -0.2) is 4.79 Å². The molecule has 0 unspecified atom stereocenters. The Balaban J connectivity index is 1.69. The third-order valence-corrected chi connectivity index (χ3v) is 4.88. The number of benzene rings is 1. The highest BCUT2D eigenvalue weighted by atomic mass is 16.5. The number of carbonyl (C=O) groups excluding carboxylic acids is 1. The summed E-state index contributed by atoms with van der Waals surface area (Å²) in [5, 5.41) is 9.72. The molecule has 0 radical (unpaired) electrons. The van der Waals surface area contributed by atoms with Crippen molar-refractivity contribution in [1.82, 2.24) is 4.90 Å². The van der Waals surface area contributed by atoms with Crippen molar-refractivity contribution in [3.63, 3.8) is 0 Å². The zero-order valence-corrected chi connectivity index (χ0v) is 13.9. The molecular formula is C18H23NO5. The van der Waals surface area contributed by atoms with Crippen LogP contribution < -0.4 is 4.74 Å². The van der Waals surface area contributed by atoms with Gasteiger partial charge < -0.3 is 19.5 Å². The van der Waals surface area contributed by atoms with E-state index in [-0.39, 0.29) is 24.9 Å². The van der Waals surface area contributed by atoms with E-state index < -0.39 is 11.6 Å². The Morgan fingerprint density at radius 3 is 2.58 bits per heavy atom. The summed E-state index contributed by atoms with van der Waals surface area (Å²) in [5.74, 6) is -0.420. The molecule has 0 spiro atoms. The number of hydrogen-bond donors (Lipinski definition) is 1. The number of hydrogen-bond acceptors (Lipinski definition) is 4. The van der Waals surface area contributed by atoms with Crippen molar-refractivity contribution in [2.24, 2.45) is 0 Å². The first kappa shape index (κ1) is 16.8. The molecule has 0 aliphatic carbocycles. The predicted octanol–water partition coefficient (Wildman–Crippen LogP) is 2.00. The molecule has 0 aromatic heterocycles. The molecule has 6 nitrogen and oxygen atoms in total. The van der Waals surface area contributed by atoms with Crippen molar-refractivity contribution in [2.45, 2.75) is 44.3 Å². The Morgan fingerprint density at radius 2 is 2.00 bits per heavy atom. The molecule has 2 aliphatic rings. The lowest BCUT2D eigenvalue weighted by molar-refractivity contribution is -0.163. The Morgan fingerprint density at radius 1 is 1.29 bits per heavy atom. The number of aryl methyl sites for hydroxylation is 1. The molecule has 130 valence electrons. The van der Waals surface area contributed by atoms with Gasteiger partial charge in [0.1, 0.15) is 11.9 Å². The molecular weight excluding hydrogens is 310 g/mol. The first-order valence-electron chi connectivity index (χ1n) is 8.40. The number of piperidine rings is 1. The van der Waals surface area contributed by atoms with E-state index in [4.69, 9.17) is 9.47 Å². The van der Waals surface area contributed by atoms with Crippen molar-refractivity contribution in [1.29, 1.82) is 0 Å². The van der Waals surface area contributed by atoms with Crippen molar-refractivity contribution in [2.75, 3.05) is 19.7 Å². The largest absolute Gasteiger partial charge is 0.478 e. The molecule has 1 amide bonds. The van der Waals surface area contributed by atoms with Crippen molar-refractivity contribution < 1.29 is 24.2 Å². The zero-order chi connectivity index (χ0) is 17.2. The molecule has 24 heavy (non-hydrogen) atoms. The van der Waals surface area contributed by atoms with E-state index in [2.05, 4.69) is 0 Å². The second kappa shape index (κ2) is 6.81. The summed E-state index contributed by atoms with van der Waals surface area (Å²) in [4.78, 5) is 26.0. The van der Waals surface area contributed by atoms with Gasteiger partial charge in [-0.1, -0.05) is 18.2 Å². The standard InChI is InChI=1S/C18H23NO5/c1-13-5-2-3-6-14(13)24-18(17(21)22)8-10-19(11-9-18)16(20)15-7-4-12-23-15/h2-3,5-6,15H,4,7-12H2,1H3,(H,21,22)/t15-/m1/s1. The van der Waals surface area contributed by atoms with Gasteiger partial charge in [0, 0.05) is 32.5 Å². The number of carboxylic acids is 1. The van der Waals surface area contributed by atoms with Crippen LogP contribution in [0, 0.1) is 6.92 Å². The van der Waals surface area contributed by atoms with Crippen molar-refractivity contribution in [3.05, 3.63) is 29.8 Å². The third kappa shape index (κ3) is 3.24. The SMILES string of the molecule is Cc1ccccc1OC1(C(=O)O)CCN(C(=O)[C@H]2CCCO2)CC1. The molecule has 3 rings (SSSR count). The summed E-state index contributed by atoms with van der Waals surface area (Å²) in [6, 6.07) is 7.39. The van der Waals surface area contributed by atoms with Crippen LogP contribution in [0.3, 0.4) is 0 Å². The summed E-state index contributed by atoms with van der Waals surface area (Å²) in [7, 11) is 0. The third-order valence-electron chi connectivity index (χ3n) is 4.88. The van der Waals surface area contributed by atoms with Gasteiger partial charge in [0.15, 0.2) is 0 Å². The summed E-state index contributed by atoms with van der Waals surface area (Å²) >= 11 is 0. The lowest BCUT2D eigenvalue weighted by Crippen LogP contribution is -2.55. The van der Waals surface area contributed by atoms with Crippen molar-refractivity contribution in [3.8, 4) is 5.75 Å². The first-order chi connectivity index (χ1) is 11.5. The Kier molecular flexibility index (Phi) is 4.76. The van der Waals surface area contributed by atoms with Gasteiger partial charge in [-0.15, -0.1) is 0 Å². The molecule has 2 aliphatic heterocycles. The fourth-order valence-corrected chi connectivity index (χ4v) is 3.31. The molecule has 2 fully saturated rings. The number of nitrogens with zero attached hydrogens (tertiary/aromatic N) is 1. The van der Waals surface area contributed by atoms with E-state index in [1.807, 2.05) is 25.1 Å². The van der Waals surface area contributed by atoms with E-state index in [1.54, 1.807) is 11.0 Å². The summed E-state index contributed by atoms with van der Waals surface area (Å²) in [6.07, 6.45) is 1.84. The summed E-state index contributed by atoms with van der Waals surface area (Å²) in [6.45, 7) is 3.26. The molecule has 0 bridgehead atoms. The minimum atomic E-state index is -1.28. The number of likely N-dealkylation sites (tertiary alicyclic amines) is 1. The van der Waals surface area contributed by atoms with Crippen LogP contribution in [0.1, 0.15) is 31.2 Å². The van der Waals surface area contributed by atoms with Gasteiger partial charge >= 0.3 is 5.97 Å². The van der Waals surface area contributed by atoms with E-state index >= 15 is 0 Å². The topological polar surface area (TPSA) is 76.1 Å². The predicted molar refractivity (Wildman–Crippen MR) is 87.0 cm³/mol.